The molecule has 0 unspecified atom stereocenters. The second-order valence-corrected chi connectivity index (χ2v) is 9.64. The van der Waals surface area contributed by atoms with Crippen LogP contribution in [0.1, 0.15) is 64.9 Å². The van der Waals surface area contributed by atoms with Crippen molar-refractivity contribution in [1.29, 1.82) is 0 Å². The monoisotopic (exact) mass is 607 g/mol. The first-order valence-electron chi connectivity index (χ1n) is 12.2. The molecule has 0 saturated heterocycles. The zero-order chi connectivity index (χ0) is 31.8. The number of carbonyl (C=O) groups excluding carboxylic acids is 1. The van der Waals surface area contributed by atoms with Gasteiger partial charge in [0.15, 0.2) is 5.78 Å². The maximum atomic E-state index is 14.6. The number of Topliss-reactive ketones (excluding diaryl/α,β-unsaturated/α-hetero) is 1. The van der Waals surface area contributed by atoms with Gasteiger partial charge in [-0.2, -0.15) is 39.5 Å². The highest BCUT2D eigenvalue weighted by atomic mass is 19.4. The fourth-order valence-electron chi connectivity index (χ4n) is 4.08. The van der Waals surface area contributed by atoms with Gasteiger partial charge in [-0.15, -0.1) is 0 Å². The zero-order valence-corrected chi connectivity index (χ0v) is 22.4. The lowest BCUT2D eigenvalue weighted by atomic mass is 9.92. The van der Waals surface area contributed by atoms with Crippen molar-refractivity contribution in [1.82, 2.24) is 0 Å². The number of aliphatic imine (C=N–C) groups is 1. The number of alkyl halides is 9. The highest BCUT2D eigenvalue weighted by Gasteiger charge is 2.38. The van der Waals surface area contributed by atoms with Gasteiger partial charge in [0.1, 0.15) is 17.6 Å². The molecule has 0 radical (unpaired) electrons. The summed E-state index contributed by atoms with van der Waals surface area (Å²) in [4.78, 5) is 16.7. The number of ether oxygens (including phenoxy) is 1. The van der Waals surface area contributed by atoms with Gasteiger partial charge in [-0.25, -0.2) is 4.39 Å². The summed E-state index contributed by atoms with van der Waals surface area (Å²) < 4.78 is 140. The fourth-order valence-corrected chi connectivity index (χ4v) is 4.08. The quantitative estimate of drug-likeness (QED) is 0.153. The van der Waals surface area contributed by atoms with Crippen molar-refractivity contribution in [2.24, 2.45) is 4.99 Å². The molecule has 0 N–H and O–H groups in total. The van der Waals surface area contributed by atoms with Crippen molar-refractivity contribution in [2.75, 3.05) is 7.11 Å². The Morgan fingerprint density at radius 2 is 1.31 bits per heavy atom. The molecular weight excluding hydrogens is 584 g/mol. The van der Waals surface area contributed by atoms with E-state index in [2.05, 4.69) is 4.99 Å². The average Bonchev–Trinajstić information content (AvgIpc) is 2.89. The molecule has 0 aliphatic rings. The summed E-state index contributed by atoms with van der Waals surface area (Å²) in [5.74, 6) is -2.21. The third-order valence-corrected chi connectivity index (χ3v) is 6.30. The molecule has 13 heteroatoms. The highest BCUT2D eigenvalue weighted by Crippen LogP contribution is 2.39. The first-order valence-corrected chi connectivity index (χ1v) is 12.2. The van der Waals surface area contributed by atoms with E-state index in [4.69, 9.17) is 4.74 Å². The van der Waals surface area contributed by atoms with Crippen LogP contribution >= 0.6 is 0 Å². The largest absolute Gasteiger partial charge is 0.496 e. The van der Waals surface area contributed by atoms with Gasteiger partial charge >= 0.3 is 18.5 Å². The Morgan fingerprint density at radius 1 is 0.762 bits per heavy atom. The Labute approximate surface area is 233 Å². The maximum Gasteiger partial charge on any atom is 0.416 e. The Morgan fingerprint density at radius 3 is 1.79 bits per heavy atom. The molecule has 3 nitrogen and oxygen atoms in total. The molecule has 226 valence electrons. The van der Waals surface area contributed by atoms with Crippen LogP contribution in [0.15, 0.2) is 53.5 Å². The highest BCUT2D eigenvalue weighted by molar-refractivity contribution is 6.02. The van der Waals surface area contributed by atoms with Crippen LogP contribution in [0.25, 0.3) is 11.1 Å². The van der Waals surface area contributed by atoms with E-state index in [1.165, 1.54) is 13.2 Å². The summed E-state index contributed by atoms with van der Waals surface area (Å²) >= 11 is 0. The van der Waals surface area contributed by atoms with Gasteiger partial charge in [0.05, 0.1) is 23.8 Å². The van der Waals surface area contributed by atoms with Crippen LogP contribution in [-0.2, 0) is 18.5 Å². The normalized spacial score (nSPS) is 13.6. The van der Waals surface area contributed by atoms with Crippen LogP contribution in [0.3, 0.4) is 0 Å². The average molecular weight is 607 g/mol. The summed E-state index contributed by atoms with van der Waals surface area (Å²) in [5, 5.41) is 0. The molecule has 0 fully saturated rings. The van der Waals surface area contributed by atoms with Crippen molar-refractivity contribution in [2.45, 2.75) is 51.3 Å². The van der Waals surface area contributed by atoms with Gasteiger partial charge in [-0.3, -0.25) is 9.79 Å². The molecule has 0 amide bonds. The van der Waals surface area contributed by atoms with Crippen LogP contribution in [0, 0.1) is 5.82 Å². The SMILES string of the molecule is COc1cc(F)c(C(C)C)cc1-c1ccc(C(F)(F)F)cc1C=N[C@@H](C)C(=O)c1cc(C(F)(F)F)cc(C(F)(F)F)c1. The number of halogens is 10. The second-order valence-electron chi connectivity index (χ2n) is 9.64. The topological polar surface area (TPSA) is 38.7 Å². The number of hydrogen-bond acceptors (Lipinski definition) is 3. The van der Waals surface area contributed by atoms with Gasteiger partial charge < -0.3 is 4.74 Å². The van der Waals surface area contributed by atoms with E-state index < -0.39 is 58.4 Å². The van der Waals surface area contributed by atoms with Gasteiger partial charge in [-0.05, 0) is 60.4 Å². The number of nitrogens with zero attached hydrogens (tertiary/aromatic N) is 1. The van der Waals surface area contributed by atoms with Gasteiger partial charge in [-0.1, -0.05) is 19.9 Å². The Hall–Kier alpha value is -3.90. The lowest BCUT2D eigenvalue weighted by molar-refractivity contribution is -0.143. The van der Waals surface area contributed by atoms with Crippen LogP contribution in [0.5, 0.6) is 5.75 Å². The fraction of sp³-hybridized carbons (Fsp3) is 0.310. The Kier molecular flexibility index (Phi) is 9.14. The van der Waals surface area contributed by atoms with Crippen LogP contribution in [-0.4, -0.2) is 25.1 Å². The minimum Gasteiger partial charge on any atom is -0.496 e. The molecule has 0 bridgehead atoms. The zero-order valence-electron chi connectivity index (χ0n) is 22.4. The summed E-state index contributed by atoms with van der Waals surface area (Å²) in [6.45, 7) is 4.44. The third kappa shape index (κ3) is 7.29. The molecule has 1 atom stereocenters. The molecule has 3 aromatic rings. The smallest absolute Gasteiger partial charge is 0.416 e. The van der Waals surface area contributed by atoms with Gasteiger partial charge in [0.2, 0.25) is 0 Å². The van der Waals surface area contributed by atoms with Crippen molar-refractivity contribution < 1.29 is 53.4 Å². The molecule has 0 aliphatic carbocycles. The van der Waals surface area contributed by atoms with E-state index in [0.29, 0.717) is 6.07 Å². The molecular formula is C29H23F10NO2. The molecule has 0 aliphatic heterocycles. The molecule has 3 rings (SSSR count). The molecule has 3 aromatic carbocycles. The van der Waals surface area contributed by atoms with Crippen molar-refractivity contribution in [3.8, 4) is 16.9 Å². The number of methoxy groups -OCH3 is 1. The Bertz CT molecular complexity index is 1470. The second kappa shape index (κ2) is 11.8. The van der Waals surface area contributed by atoms with Crippen LogP contribution in [0.4, 0.5) is 43.9 Å². The van der Waals surface area contributed by atoms with Crippen LogP contribution < -0.4 is 4.74 Å². The number of hydrogen-bond donors (Lipinski definition) is 0. The van der Waals surface area contributed by atoms with E-state index >= 15 is 0 Å². The minimum atomic E-state index is -5.20. The van der Waals surface area contributed by atoms with Crippen molar-refractivity contribution in [3.05, 3.63) is 87.7 Å². The van der Waals surface area contributed by atoms with E-state index in [1.54, 1.807) is 13.8 Å². The van der Waals surface area contributed by atoms with E-state index in [1.807, 2.05) is 0 Å². The van der Waals surface area contributed by atoms with Gasteiger partial charge in [0.25, 0.3) is 0 Å². The Balaban J connectivity index is 2.14. The van der Waals surface area contributed by atoms with E-state index in [9.17, 15) is 48.7 Å². The minimum absolute atomic E-state index is 0.0286. The summed E-state index contributed by atoms with van der Waals surface area (Å²) in [6, 6.07) is 3.74. The lowest BCUT2D eigenvalue weighted by Gasteiger charge is -2.17. The van der Waals surface area contributed by atoms with Crippen molar-refractivity contribution in [3.63, 3.8) is 0 Å². The molecule has 0 heterocycles. The lowest BCUT2D eigenvalue weighted by Crippen LogP contribution is -2.19. The maximum absolute atomic E-state index is 14.6. The third-order valence-electron chi connectivity index (χ3n) is 6.30. The van der Waals surface area contributed by atoms with Crippen molar-refractivity contribution >= 4 is 12.0 Å². The number of ketones is 1. The molecule has 0 spiro atoms. The first-order chi connectivity index (χ1) is 19.2. The first kappa shape index (κ1) is 32.6. The summed E-state index contributed by atoms with van der Waals surface area (Å²) in [7, 11) is 1.22. The van der Waals surface area contributed by atoms with Gasteiger partial charge in [0, 0.05) is 29.0 Å². The van der Waals surface area contributed by atoms with E-state index in [-0.39, 0.29) is 52.1 Å². The predicted octanol–water partition coefficient (Wildman–Crippen LogP) is 9.37. The molecule has 0 saturated carbocycles. The molecule has 42 heavy (non-hydrogen) atoms. The summed E-state index contributed by atoms with van der Waals surface area (Å²) in [5.41, 5.74) is -5.18. The standard InChI is InChI=1S/C29H23F10NO2/c1-14(2)22-11-23(25(42-4)12-24(22)30)21-6-5-18(27(31,32)33)9-17(21)13-40-15(3)26(41)16-7-19(28(34,35)36)10-20(8-16)29(37,38)39/h5-15H,1-4H3/t15-/m0/s1. The predicted molar refractivity (Wildman–Crippen MR) is 135 cm³/mol. The summed E-state index contributed by atoms with van der Waals surface area (Å²) in [6.07, 6.45) is -14.3. The number of carbonyl (C=O) groups is 1. The number of rotatable bonds is 7. The van der Waals surface area contributed by atoms with E-state index in [0.717, 1.165) is 31.3 Å². The van der Waals surface area contributed by atoms with Crippen LogP contribution in [0.2, 0.25) is 0 Å². The number of benzene rings is 3. The molecule has 0 aromatic heterocycles.